The lowest BCUT2D eigenvalue weighted by atomic mass is 9.79. The van der Waals surface area contributed by atoms with Crippen LogP contribution >= 0.6 is 0 Å². The van der Waals surface area contributed by atoms with Gasteiger partial charge in [-0.1, -0.05) is 0 Å². The Morgan fingerprint density at radius 2 is 2.00 bits per heavy atom. The van der Waals surface area contributed by atoms with Gasteiger partial charge in [0.15, 0.2) is 0 Å². The van der Waals surface area contributed by atoms with Crippen LogP contribution in [0.5, 0.6) is 0 Å². The van der Waals surface area contributed by atoms with Crippen LogP contribution in [0.3, 0.4) is 0 Å². The van der Waals surface area contributed by atoms with Gasteiger partial charge in [-0.05, 0) is 50.7 Å². The van der Waals surface area contributed by atoms with Crippen molar-refractivity contribution in [1.82, 2.24) is 20.9 Å². The average Bonchev–Trinajstić information content (AvgIpc) is 3.41. The summed E-state index contributed by atoms with van der Waals surface area (Å²) < 4.78 is 0. The number of nitrogens with zero attached hydrogens (tertiary/aromatic N) is 2. The van der Waals surface area contributed by atoms with Gasteiger partial charge in [-0.2, -0.15) is 0 Å². The van der Waals surface area contributed by atoms with Crippen molar-refractivity contribution >= 4 is 23.7 Å². The van der Waals surface area contributed by atoms with E-state index in [0.29, 0.717) is 11.6 Å². The number of rotatable bonds is 4. The van der Waals surface area contributed by atoms with Crippen LogP contribution in [-0.4, -0.2) is 47.5 Å². The Morgan fingerprint density at radius 3 is 2.62 bits per heavy atom. The largest absolute Gasteiger partial charge is 0.357 e. The number of carbonyl (C=O) groups is 3. The molecule has 26 heavy (non-hydrogen) atoms. The number of carbonyl (C=O) groups excluding carboxylic acids is 3. The van der Waals surface area contributed by atoms with Crippen molar-refractivity contribution in [2.24, 2.45) is 5.92 Å². The molecule has 3 N–H and O–H groups in total. The first-order valence-electron chi connectivity index (χ1n) is 9.11. The molecular weight excluding hydrogens is 334 g/mol. The zero-order valence-corrected chi connectivity index (χ0v) is 14.7. The SMILES string of the molecule is C[C@@]1(C2CCN(c3cc(C(=O)NC4CC4)ccn3)CC2)NC(=O)NC1=O. The second-order valence-corrected chi connectivity index (χ2v) is 7.52. The lowest BCUT2D eigenvalue weighted by Crippen LogP contribution is -2.53. The van der Waals surface area contributed by atoms with Crippen LogP contribution < -0.4 is 20.9 Å². The maximum absolute atomic E-state index is 12.2. The summed E-state index contributed by atoms with van der Waals surface area (Å²) in [6, 6.07) is 3.45. The molecule has 2 saturated heterocycles. The fourth-order valence-corrected chi connectivity index (χ4v) is 3.76. The normalized spacial score (nSPS) is 26.4. The third-order valence-electron chi connectivity index (χ3n) is 5.63. The Labute approximate surface area is 151 Å². The topological polar surface area (TPSA) is 103 Å². The minimum atomic E-state index is -0.845. The first-order chi connectivity index (χ1) is 12.5. The van der Waals surface area contributed by atoms with Crippen LogP contribution in [0.15, 0.2) is 18.3 Å². The highest BCUT2D eigenvalue weighted by molar-refractivity contribution is 6.07. The molecule has 8 heteroatoms. The molecule has 0 unspecified atom stereocenters. The molecule has 3 aliphatic rings. The number of piperidine rings is 1. The fourth-order valence-electron chi connectivity index (χ4n) is 3.76. The van der Waals surface area contributed by atoms with Crippen LogP contribution in [0.4, 0.5) is 10.6 Å². The van der Waals surface area contributed by atoms with Crippen molar-refractivity contribution in [3.05, 3.63) is 23.9 Å². The quantitative estimate of drug-likeness (QED) is 0.691. The number of nitrogens with one attached hydrogen (secondary N) is 3. The summed E-state index contributed by atoms with van der Waals surface area (Å²) in [5.41, 5.74) is -0.221. The summed E-state index contributed by atoms with van der Waals surface area (Å²) in [5.74, 6) is 0.546. The number of urea groups is 1. The second-order valence-electron chi connectivity index (χ2n) is 7.52. The molecule has 2 aliphatic heterocycles. The molecule has 8 nitrogen and oxygen atoms in total. The van der Waals surface area contributed by atoms with Gasteiger partial charge in [-0.25, -0.2) is 9.78 Å². The summed E-state index contributed by atoms with van der Waals surface area (Å²) in [4.78, 5) is 42.3. The summed E-state index contributed by atoms with van der Waals surface area (Å²) in [7, 11) is 0. The zero-order chi connectivity index (χ0) is 18.3. The Kier molecular flexibility index (Phi) is 4.05. The molecular formula is C18H23N5O3. The second kappa shape index (κ2) is 6.26. The molecule has 4 rings (SSSR count). The van der Waals surface area contributed by atoms with Crippen molar-refractivity contribution in [3.8, 4) is 0 Å². The maximum Gasteiger partial charge on any atom is 0.322 e. The molecule has 1 aromatic heterocycles. The van der Waals surface area contributed by atoms with E-state index in [4.69, 9.17) is 0 Å². The molecule has 1 saturated carbocycles. The highest BCUT2D eigenvalue weighted by atomic mass is 16.2. The zero-order valence-electron chi connectivity index (χ0n) is 14.7. The molecule has 3 fully saturated rings. The molecule has 0 radical (unpaired) electrons. The highest BCUT2D eigenvalue weighted by Gasteiger charge is 2.48. The first-order valence-corrected chi connectivity index (χ1v) is 9.11. The molecule has 0 spiro atoms. The third kappa shape index (κ3) is 3.11. The number of pyridine rings is 1. The minimum absolute atomic E-state index is 0.0520. The standard InChI is InChI=1S/C18H23N5O3/c1-18(16(25)21-17(26)22-18)12-5-8-23(9-6-12)14-10-11(4-7-19-14)15(24)20-13-2-3-13/h4,7,10,12-13H,2-3,5-6,8-9H2,1H3,(H,20,24)(H2,21,22,25,26)/t18-/m0/s1. The van der Waals surface area contributed by atoms with Crippen molar-refractivity contribution in [2.45, 2.75) is 44.2 Å². The average molecular weight is 357 g/mol. The van der Waals surface area contributed by atoms with E-state index in [0.717, 1.165) is 44.6 Å². The van der Waals surface area contributed by atoms with Gasteiger partial charge in [0.1, 0.15) is 11.4 Å². The van der Waals surface area contributed by atoms with E-state index in [-0.39, 0.29) is 17.7 Å². The molecule has 3 heterocycles. The van der Waals surface area contributed by atoms with Gasteiger partial charge in [0, 0.05) is 30.9 Å². The van der Waals surface area contributed by atoms with E-state index < -0.39 is 11.6 Å². The highest BCUT2D eigenvalue weighted by Crippen LogP contribution is 2.32. The molecule has 1 aliphatic carbocycles. The fraction of sp³-hybridized carbons (Fsp3) is 0.556. The Bertz CT molecular complexity index is 755. The van der Waals surface area contributed by atoms with E-state index >= 15 is 0 Å². The molecule has 0 aromatic carbocycles. The molecule has 0 bridgehead atoms. The predicted molar refractivity (Wildman–Crippen MR) is 94.7 cm³/mol. The monoisotopic (exact) mass is 357 g/mol. The third-order valence-corrected chi connectivity index (χ3v) is 5.63. The van der Waals surface area contributed by atoms with Crippen LogP contribution in [0.2, 0.25) is 0 Å². The van der Waals surface area contributed by atoms with Gasteiger partial charge in [0.05, 0.1) is 0 Å². The van der Waals surface area contributed by atoms with Gasteiger partial charge in [0.25, 0.3) is 11.8 Å². The predicted octanol–water partition coefficient (Wildman–Crippen LogP) is 0.788. The van der Waals surface area contributed by atoms with E-state index in [2.05, 4.69) is 25.8 Å². The van der Waals surface area contributed by atoms with Crippen LogP contribution in [0.1, 0.15) is 43.0 Å². The smallest absolute Gasteiger partial charge is 0.322 e. The molecule has 1 aromatic rings. The lowest BCUT2D eigenvalue weighted by molar-refractivity contribution is -0.125. The van der Waals surface area contributed by atoms with Crippen molar-refractivity contribution < 1.29 is 14.4 Å². The number of hydrogen-bond acceptors (Lipinski definition) is 5. The molecule has 1 atom stereocenters. The Morgan fingerprint density at radius 1 is 1.27 bits per heavy atom. The van der Waals surface area contributed by atoms with E-state index in [1.54, 1.807) is 19.2 Å². The Balaban J connectivity index is 1.41. The van der Waals surface area contributed by atoms with Crippen LogP contribution in [-0.2, 0) is 4.79 Å². The summed E-state index contributed by atoms with van der Waals surface area (Å²) in [6.07, 6.45) is 5.31. The summed E-state index contributed by atoms with van der Waals surface area (Å²) in [6.45, 7) is 3.24. The summed E-state index contributed by atoms with van der Waals surface area (Å²) in [5, 5.41) is 8.08. The van der Waals surface area contributed by atoms with Gasteiger partial charge in [0.2, 0.25) is 0 Å². The minimum Gasteiger partial charge on any atom is -0.357 e. The van der Waals surface area contributed by atoms with E-state index in [1.807, 2.05) is 6.07 Å². The van der Waals surface area contributed by atoms with Gasteiger partial charge in [-0.3, -0.25) is 14.9 Å². The van der Waals surface area contributed by atoms with E-state index in [9.17, 15) is 14.4 Å². The van der Waals surface area contributed by atoms with Gasteiger partial charge >= 0.3 is 6.03 Å². The number of imide groups is 1. The Hall–Kier alpha value is -2.64. The van der Waals surface area contributed by atoms with Crippen LogP contribution in [0.25, 0.3) is 0 Å². The van der Waals surface area contributed by atoms with Crippen LogP contribution in [0, 0.1) is 5.92 Å². The lowest BCUT2D eigenvalue weighted by Gasteiger charge is -2.39. The number of hydrogen-bond donors (Lipinski definition) is 3. The first kappa shape index (κ1) is 16.8. The van der Waals surface area contributed by atoms with Crippen molar-refractivity contribution in [2.75, 3.05) is 18.0 Å². The number of anilines is 1. The van der Waals surface area contributed by atoms with Crippen molar-refractivity contribution in [3.63, 3.8) is 0 Å². The van der Waals surface area contributed by atoms with Crippen molar-refractivity contribution in [1.29, 1.82) is 0 Å². The molecule has 138 valence electrons. The number of aromatic nitrogens is 1. The van der Waals surface area contributed by atoms with Gasteiger partial charge < -0.3 is 15.5 Å². The maximum atomic E-state index is 12.2. The van der Waals surface area contributed by atoms with E-state index in [1.165, 1.54) is 0 Å². The summed E-state index contributed by atoms with van der Waals surface area (Å²) >= 11 is 0. The van der Waals surface area contributed by atoms with Gasteiger partial charge in [-0.15, -0.1) is 0 Å². The molecule has 4 amide bonds. The number of amides is 4.